The molecule has 0 radical (unpaired) electrons. The fraction of sp³-hybridized carbons (Fsp3) is 0.286. The molecule has 7 heteroatoms. The first-order valence-corrected chi connectivity index (χ1v) is 6.61. The first-order chi connectivity index (χ1) is 10.1. The average molecular weight is 285 g/mol. The number of hydrogen-bond acceptors (Lipinski definition) is 5. The number of aryl methyl sites for hydroxylation is 2. The van der Waals surface area contributed by atoms with Crippen LogP contribution < -0.4 is 5.32 Å². The van der Waals surface area contributed by atoms with Gasteiger partial charge < -0.3 is 9.84 Å². The molecule has 7 nitrogen and oxygen atoms in total. The van der Waals surface area contributed by atoms with Crippen molar-refractivity contribution in [1.29, 1.82) is 0 Å². The van der Waals surface area contributed by atoms with Crippen LogP contribution in [0, 0.1) is 13.8 Å². The third-order valence-electron chi connectivity index (χ3n) is 3.34. The van der Waals surface area contributed by atoms with E-state index in [1.807, 2.05) is 35.7 Å². The summed E-state index contributed by atoms with van der Waals surface area (Å²) in [6.07, 6.45) is 1.86. The van der Waals surface area contributed by atoms with Crippen molar-refractivity contribution >= 4 is 11.6 Å². The Kier molecular flexibility index (Phi) is 3.17. The highest BCUT2D eigenvalue weighted by molar-refractivity contribution is 5.96. The SMILES string of the molecule is Cc1noc(C)c1C(=O)N[C@@H](C)c1nnc2ccccn12. The fourth-order valence-electron chi connectivity index (χ4n) is 2.30. The average Bonchev–Trinajstić information content (AvgIpc) is 3.02. The van der Waals surface area contributed by atoms with Crippen molar-refractivity contribution in [3.8, 4) is 0 Å². The maximum atomic E-state index is 12.3. The Morgan fingerprint density at radius 1 is 1.33 bits per heavy atom. The number of hydrogen-bond donors (Lipinski definition) is 1. The van der Waals surface area contributed by atoms with Gasteiger partial charge in [0.2, 0.25) is 0 Å². The number of aromatic nitrogens is 4. The molecule has 0 spiro atoms. The van der Waals surface area contributed by atoms with E-state index < -0.39 is 0 Å². The molecule has 3 aromatic rings. The Hall–Kier alpha value is -2.70. The van der Waals surface area contributed by atoms with Crippen LogP contribution in [0.5, 0.6) is 0 Å². The highest BCUT2D eigenvalue weighted by atomic mass is 16.5. The maximum Gasteiger partial charge on any atom is 0.257 e. The molecule has 3 aromatic heterocycles. The van der Waals surface area contributed by atoms with E-state index >= 15 is 0 Å². The van der Waals surface area contributed by atoms with Gasteiger partial charge in [-0.2, -0.15) is 0 Å². The summed E-state index contributed by atoms with van der Waals surface area (Å²) in [5, 5.41) is 14.9. The predicted octanol–water partition coefficient (Wildman–Crippen LogP) is 1.83. The number of nitrogens with zero attached hydrogens (tertiary/aromatic N) is 4. The van der Waals surface area contributed by atoms with Crippen LogP contribution in [-0.2, 0) is 0 Å². The molecule has 0 fully saturated rings. The molecule has 3 heterocycles. The van der Waals surface area contributed by atoms with Crippen molar-refractivity contribution in [3.05, 3.63) is 47.2 Å². The zero-order valence-corrected chi connectivity index (χ0v) is 12.0. The quantitative estimate of drug-likeness (QED) is 0.793. The first-order valence-electron chi connectivity index (χ1n) is 6.61. The van der Waals surface area contributed by atoms with Crippen molar-refractivity contribution in [2.24, 2.45) is 0 Å². The lowest BCUT2D eigenvalue weighted by atomic mass is 10.2. The van der Waals surface area contributed by atoms with Crippen molar-refractivity contribution in [3.63, 3.8) is 0 Å². The molecule has 0 unspecified atom stereocenters. The van der Waals surface area contributed by atoms with E-state index in [0.717, 1.165) is 5.65 Å². The Balaban J connectivity index is 1.86. The lowest BCUT2D eigenvalue weighted by molar-refractivity contribution is 0.0936. The van der Waals surface area contributed by atoms with Gasteiger partial charge >= 0.3 is 0 Å². The molecule has 1 amide bonds. The molecule has 0 aliphatic rings. The van der Waals surface area contributed by atoms with E-state index in [9.17, 15) is 4.79 Å². The van der Waals surface area contributed by atoms with Gasteiger partial charge in [0.15, 0.2) is 11.5 Å². The van der Waals surface area contributed by atoms with Gasteiger partial charge in [-0.15, -0.1) is 10.2 Å². The lowest BCUT2D eigenvalue weighted by Crippen LogP contribution is -2.28. The molecule has 0 aliphatic carbocycles. The van der Waals surface area contributed by atoms with Crippen molar-refractivity contribution in [2.45, 2.75) is 26.8 Å². The van der Waals surface area contributed by atoms with E-state index in [0.29, 0.717) is 22.8 Å². The fourth-order valence-corrected chi connectivity index (χ4v) is 2.30. The van der Waals surface area contributed by atoms with Gasteiger partial charge in [0, 0.05) is 6.20 Å². The Labute approximate surface area is 121 Å². The standard InChI is InChI=1S/C14H15N5O2/c1-8-12(10(3)21-18-8)14(20)15-9(2)13-17-16-11-6-4-5-7-19(11)13/h4-7,9H,1-3H3,(H,15,20)/t9-/m0/s1. The summed E-state index contributed by atoms with van der Waals surface area (Å²) in [6, 6.07) is 5.35. The lowest BCUT2D eigenvalue weighted by Gasteiger charge is -2.12. The number of amides is 1. The minimum atomic E-state index is -0.288. The van der Waals surface area contributed by atoms with Gasteiger partial charge in [-0.1, -0.05) is 11.2 Å². The number of pyridine rings is 1. The first kappa shape index (κ1) is 13.3. The highest BCUT2D eigenvalue weighted by Gasteiger charge is 2.21. The minimum Gasteiger partial charge on any atom is -0.361 e. The number of carbonyl (C=O) groups excluding carboxylic acids is 1. The molecule has 0 bridgehead atoms. The van der Waals surface area contributed by atoms with Crippen molar-refractivity contribution < 1.29 is 9.32 Å². The number of carbonyl (C=O) groups is 1. The summed E-state index contributed by atoms with van der Waals surface area (Å²) in [5.74, 6) is 0.945. The topological polar surface area (TPSA) is 85.3 Å². The summed E-state index contributed by atoms with van der Waals surface area (Å²) in [7, 11) is 0. The van der Waals surface area contributed by atoms with Gasteiger partial charge in [-0.25, -0.2) is 0 Å². The van der Waals surface area contributed by atoms with Gasteiger partial charge in [0.05, 0.1) is 11.7 Å². The summed E-state index contributed by atoms with van der Waals surface area (Å²) in [6.45, 7) is 5.31. The van der Waals surface area contributed by atoms with Crippen LogP contribution in [-0.4, -0.2) is 25.7 Å². The second kappa shape index (κ2) is 5.01. The van der Waals surface area contributed by atoms with Crippen LogP contribution in [0.25, 0.3) is 5.65 Å². The van der Waals surface area contributed by atoms with E-state index in [4.69, 9.17) is 4.52 Å². The molecule has 1 N–H and O–H groups in total. The van der Waals surface area contributed by atoms with E-state index in [1.165, 1.54) is 0 Å². The van der Waals surface area contributed by atoms with Crippen LogP contribution in [0.2, 0.25) is 0 Å². The maximum absolute atomic E-state index is 12.3. The molecule has 21 heavy (non-hydrogen) atoms. The number of nitrogens with one attached hydrogen (secondary N) is 1. The normalized spacial score (nSPS) is 12.5. The van der Waals surface area contributed by atoms with Crippen LogP contribution >= 0.6 is 0 Å². The molecule has 0 aromatic carbocycles. The number of rotatable bonds is 3. The zero-order valence-electron chi connectivity index (χ0n) is 12.0. The smallest absolute Gasteiger partial charge is 0.257 e. The van der Waals surface area contributed by atoms with Gasteiger partial charge in [0.25, 0.3) is 5.91 Å². The minimum absolute atomic E-state index is 0.230. The van der Waals surface area contributed by atoms with Crippen molar-refractivity contribution in [1.82, 2.24) is 25.1 Å². The molecular formula is C14H15N5O2. The summed E-state index contributed by atoms with van der Waals surface area (Å²) >= 11 is 0. The third kappa shape index (κ3) is 2.26. The van der Waals surface area contributed by atoms with Gasteiger partial charge in [0.1, 0.15) is 11.3 Å². The third-order valence-corrected chi connectivity index (χ3v) is 3.34. The predicted molar refractivity (Wildman–Crippen MR) is 74.8 cm³/mol. The van der Waals surface area contributed by atoms with Crippen LogP contribution in [0.1, 0.15) is 40.6 Å². The van der Waals surface area contributed by atoms with Crippen molar-refractivity contribution in [2.75, 3.05) is 0 Å². The largest absolute Gasteiger partial charge is 0.361 e. The molecule has 0 aliphatic heterocycles. The zero-order chi connectivity index (χ0) is 15.0. The molecular weight excluding hydrogens is 270 g/mol. The molecule has 108 valence electrons. The Morgan fingerprint density at radius 2 is 2.14 bits per heavy atom. The molecule has 0 saturated carbocycles. The summed E-state index contributed by atoms with van der Waals surface area (Å²) in [5.41, 5.74) is 1.78. The molecule has 1 atom stereocenters. The summed E-state index contributed by atoms with van der Waals surface area (Å²) in [4.78, 5) is 12.3. The second-order valence-corrected chi connectivity index (χ2v) is 4.88. The van der Waals surface area contributed by atoms with E-state index in [-0.39, 0.29) is 11.9 Å². The van der Waals surface area contributed by atoms with Crippen LogP contribution in [0.15, 0.2) is 28.9 Å². The van der Waals surface area contributed by atoms with Gasteiger partial charge in [-0.3, -0.25) is 9.20 Å². The van der Waals surface area contributed by atoms with E-state index in [2.05, 4.69) is 20.7 Å². The van der Waals surface area contributed by atoms with Crippen LogP contribution in [0.4, 0.5) is 0 Å². The van der Waals surface area contributed by atoms with E-state index in [1.54, 1.807) is 13.8 Å². The molecule has 0 saturated heterocycles. The second-order valence-electron chi connectivity index (χ2n) is 4.88. The Bertz CT molecular complexity index is 785. The Morgan fingerprint density at radius 3 is 2.86 bits per heavy atom. The van der Waals surface area contributed by atoms with Crippen LogP contribution in [0.3, 0.4) is 0 Å². The number of fused-ring (bicyclic) bond motifs is 1. The highest BCUT2D eigenvalue weighted by Crippen LogP contribution is 2.16. The monoisotopic (exact) mass is 285 g/mol. The summed E-state index contributed by atoms with van der Waals surface area (Å²) < 4.78 is 6.86. The molecule has 3 rings (SSSR count). The van der Waals surface area contributed by atoms with Gasteiger partial charge in [-0.05, 0) is 32.9 Å².